The number of benzene rings is 1. The summed E-state index contributed by atoms with van der Waals surface area (Å²) in [6.07, 6.45) is 3.70. The molecule has 21 heavy (non-hydrogen) atoms. The van der Waals surface area contributed by atoms with Gasteiger partial charge in [0.05, 0.1) is 0 Å². The Morgan fingerprint density at radius 1 is 1.14 bits per heavy atom. The van der Waals surface area contributed by atoms with Gasteiger partial charge in [0.2, 0.25) is 5.91 Å². The van der Waals surface area contributed by atoms with Crippen LogP contribution in [0.5, 0.6) is 0 Å². The number of amides is 1. The minimum Gasteiger partial charge on any atom is -0.356 e. The number of halogens is 2. The van der Waals surface area contributed by atoms with E-state index in [2.05, 4.69) is 10.2 Å². The molecule has 5 heteroatoms. The summed E-state index contributed by atoms with van der Waals surface area (Å²) in [6.45, 7) is 3.31. The Hall–Kier alpha value is -1.49. The summed E-state index contributed by atoms with van der Waals surface area (Å²) in [5, 5.41) is 2.97. The number of carbonyl (C=O) groups excluding carboxylic acids is 1. The lowest BCUT2D eigenvalue weighted by molar-refractivity contribution is -0.125. The Morgan fingerprint density at radius 3 is 2.52 bits per heavy atom. The Labute approximate surface area is 123 Å². The summed E-state index contributed by atoms with van der Waals surface area (Å²) in [6, 6.07) is 4.11. The molecule has 0 unspecified atom stereocenters. The second kappa shape index (κ2) is 5.72. The van der Waals surface area contributed by atoms with Gasteiger partial charge in [-0.15, -0.1) is 0 Å². The van der Waals surface area contributed by atoms with Crippen LogP contribution < -0.4 is 5.32 Å². The van der Waals surface area contributed by atoms with Crippen molar-refractivity contribution in [2.45, 2.75) is 32.2 Å². The molecule has 0 saturated carbocycles. The van der Waals surface area contributed by atoms with Crippen LogP contribution in [0.2, 0.25) is 0 Å². The number of nitrogens with one attached hydrogen (secondary N) is 1. The lowest BCUT2D eigenvalue weighted by Crippen LogP contribution is -2.49. The number of hydrogen-bond acceptors (Lipinski definition) is 2. The summed E-state index contributed by atoms with van der Waals surface area (Å²) in [5.41, 5.74) is 1.06. The zero-order valence-electron chi connectivity index (χ0n) is 12.0. The number of likely N-dealkylation sites (tertiary alicyclic amines) is 1. The van der Waals surface area contributed by atoms with Crippen LogP contribution in [0.15, 0.2) is 18.2 Å². The van der Waals surface area contributed by atoms with E-state index in [4.69, 9.17) is 0 Å². The number of nitrogens with zero attached hydrogens (tertiary/aromatic N) is 1. The van der Waals surface area contributed by atoms with Gasteiger partial charge in [-0.1, -0.05) is 6.07 Å². The molecule has 114 valence electrons. The molecule has 0 radical (unpaired) electrons. The second-order valence-corrected chi connectivity index (χ2v) is 6.30. The van der Waals surface area contributed by atoms with E-state index in [1.807, 2.05) is 0 Å². The molecule has 0 aliphatic carbocycles. The average Bonchev–Trinajstić information content (AvgIpc) is 2.49. The highest BCUT2D eigenvalue weighted by Gasteiger charge is 2.37. The lowest BCUT2D eigenvalue weighted by atomic mass is 9.73. The van der Waals surface area contributed by atoms with Gasteiger partial charge in [0.1, 0.15) is 0 Å². The summed E-state index contributed by atoms with van der Waals surface area (Å²) in [4.78, 5) is 13.5. The van der Waals surface area contributed by atoms with Crippen LogP contribution in [0, 0.1) is 17.0 Å². The second-order valence-electron chi connectivity index (χ2n) is 6.30. The smallest absolute Gasteiger partial charge is 0.220 e. The van der Waals surface area contributed by atoms with Gasteiger partial charge in [-0.3, -0.25) is 9.69 Å². The predicted molar refractivity (Wildman–Crippen MR) is 75.5 cm³/mol. The minimum absolute atomic E-state index is 0.157. The lowest BCUT2D eigenvalue weighted by Gasteiger charge is -2.44. The van der Waals surface area contributed by atoms with Crippen molar-refractivity contribution in [1.29, 1.82) is 0 Å². The normalized spacial score (nSPS) is 22.3. The number of hydrogen-bond donors (Lipinski definition) is 1. The van der Waals surface area contributed by atoms with Crippen LogP contribution in [-0.4, -0.2) is 30.4 Å². The molecule has 1 amide bonds. The average molecular weight is 294 g/mol. The molecule has 0 bridgehead atoms. The molecule has 1 aromatic carbocycles. The minimum atomic E-state index is -0.797. The van der Waals surface area contributed by atoms with E-state index in [9.17, 15) is 13.6 Å². The molecular weight excluding hydrogens is 274 g/mol. The summed E-state index contributed by atoms with van der Waals surface area (Å²) in [7, 11) is 0. The maximum Gasteiger partial charge on any atom is 0.220 e. The fourth-order valence-electron chi connectivity index (χ4n) is 3.35. The largest absolute Gasteiger partial charge is 0.356 e. The molecular formula is C16H20F2N2O. The first kappa shape index (κ1) is 14.4. The fourth-order valence-corrected chi connectivity index (χ4v) is 3.35. The van der Waals surface area contributed by atoms with Gasteiger partial charge in [-0.2, -0.15) is 0 Å². The number of piperidine rings is 2. The zero-order chi connectivity index (χ0) is 14.9. The van der Waals surface area contributed by atoms with Crippen molar-refractivity contribution in [3.05, 3.63) is 35.4 Å². The van der Waals surface area contributed by atoms with Gasteiger partial charge in [0.15, 0.2) is 11.6 Å². The highest BCUT2D eigenvalue weighted by molar-refractivity contribution is 5.76. The van der Waals surface area contributed by atoms with Crippen molar-refractivity contribution in [2.75, 3.05) is 19.6 Å². The standard InChI is InChI=1S/C16H20F2N2O/c17-13-2-1-12(9-14(13)18)10-20-7-5-16(6-8-20)4-3-15(21)19-11-16/h1-2,9H,3-8,10-11H2,(H,19,21). The van der Waals surface area contributed by atoms with E-state index >= 15 is 0 Å². The van der Waals surface area contributed by atoms with Crippen LogP contribution >= 0.6 is 0 Å². The maximum absolute atomic E-state index is 13.2. The van der Waals surface area contributed by atoms with Gasteiger partial charge >= 0.3 is 0 Å². The highest BCUT2D eigenvalue weighted by atomic mass is 19.2. The number of carbonyl (C=O) groups is 1. The van der Waals surface area contributed by atoms with Crippen molar-refractivity contribution in [3.8, 4) is 0 Å². The van der Waals surface area contributed by atoms with E-state index in [1.165, 1.54) is 12.1 Å². The van der Waals surface area contributed by atoms with E-state index in [0.29, 0.717) is 13.0 Å². The van der Waals surface area contributed by atoms with Crippen molar-refractivity contribution in [1.82, 2.24) is 10.2 Å². The van der Waals surface area contributed by atoms with Crippen molar-refractivity contribution in [3.63, 3.8) is 0 Å². The van der Waals surface area contributed by atoms with Crippen molar-refractivity contribution >= 4 is 5.91 Å². The first-order chi connectivity index (χ1) is 10.1. The quantitative estimate of drug-likeness (QED) is 0.909. The van der Waals surface area contributed by atoms with Crippen LogP contribution in [-0.2, 0) is 11.3 Å². The molecule has 1 spiro atoms. The Kier molecular flexibility index (Phi) is 3.93. The Bertz CT molecular complexity index is 527. The first-order valence-corrected chi connectivity index (χ1v) is 7.49. The predicted octanol–water partition coefficient (Wildman–Crippen LogP) is 2.46. The first-order valence-electron chi connectivity index (χ1n) is 7.49. The van der Waals surface area contributed by atoms with Crippen LogP contribution in [0.25, 0.3) is 0 Å². The van der Waals surface area contributed by atoms with Crippen molar-refractivity contribution in [2.24, 2.45) is 5.41 Å². The third kappa shape index (κ3) is 3.23. The van der Waals surface area contributed by atoms with E-state index in [-0.39, 0.29) is 11.3 Å². The molecule has 0 aromatic heterocycles. The van der Waals surface area contributed by atoms with Gasteiger partial charge in [0, 0.05) is 19.5 Å². The summed E-state index contributed by atoms with van der Waals surface area (Å²) in [5.74, 6) is -1.42. The molecule has 0 atom stereocenters. The molecule has 2 heterocycles. The Morgan fingerprint density at radius 2 is 1.90 bits per heavy atom. The molecule has 2 fully saturated rings. The van der Waals surface area contributed by atoms with Crippen molar-refractivity contribution < 1.29 is 13.6 Å². The maximum atomic E-state index is 13.2. The SMILES string of the molecule is O=C1CCC2(CCN(Cc3ccc(F)c(F)c3)CC2)CN1. The van der Waals surface area contributed by atoms with Gasteiger partial charge in [-0.25, -0.2) is 8.78 Å². The Balaban J connectivity index is 1.56. The third-order valence-electron chi connectivity index (χ3n) is 4.85. The molecule has 1 N–H and O–H groups in total. The zero-order valence-corrected chi connectivity index (χ0v) is 12.0. The van der Waals surface area contributed by atoms with E-state index in [0.717, 1.165) is 44.5 Å². The molecule has 2 saturated heterocycles. The van der Waals surface area contributed by atoms with Gasteiger partial charge in [-0.05, 0) is 55.5 Å². The van der Waals surface area contributed by atoms with Crippen LogP contribution in [0.3, 0.4) is 0 Å². The van der Waals surface area contributed by atoms with E-state index in [1.54, 1.807) is 6.07 Å². The summed E-state index contributed by atoms with van der Waals surface area (Å²) < 4.78 is 26.1. The number of rotatable bonds is 2. The summed E-state index contributed by atoms with van der Waals surface area (Å²) >= 11 is 0. The van der Waals surface area contributed by atoms with Crippen LogP contribution in [0.1, 0.15) is 31.2 Å². The molecule has 1 aromatic rings. The topological polar surface area (TPSA) is 32.3 Å². The fraction of sp³-hybridized carbons (Fsp3) is 0.562. The molecule has 2 aliphatic rings. The van der Waals surface area contributed by atoms with Crippen LogP contribution in [0.4, 0.5) is 8.78 Å². The molecule has 2 aliphatic heterocycles. The van der Waals surface area contributed by atoms with Gasteiger partial charge in [0.25, 0.3) is 0 Å². The third-order valence-corrected chi connectivity index (χ3v) is 4.85. The molecule has 3 nitrogen and oxygen atoms in total. The highest BCUT2D eigenvalue weighted by Crippen LogP contribution is 2.37. The monoisotopic (exact) mass is 294 g/mol. The molecule has 3 rings (SSSR count). The van der Waals surface area contributed by atoms with Gasteiger partial charge < -0.3 is 5.32 Å². The van der Waals surface area contributed by atoms with E-state index < -0.39 is 11.6 Å².